The Hall–Kier alpha value is -2.84. The molecule has 0 saturated carbocycles. The van der Waals surface area contributed by atoms with E-state index in [4.69, 9.17) is 16.9 Å². The normalized spacial score (nSPS) is 17.1. The second-order valence-corrected chi connectivity index (χ2v) is 5.88. The van der Waals surface area contributed by atoms with E-state index in [0.717, 1.165) is 0 Å². The van der Waals surface area contributed by atoms with Crippen LogP contribution in [-0.2, 0) is 4.79 Å². The number of nitrogens with one attached hydrogen (secondary N) is 1. The summed E-state index contributed by atoms with van der Waals surface area (Å²) in [4.78, 5) is 26.8. The first-order chi connectivity index (χ1) is 11.6. The van der Waals surface area contributed by atoms with Crippen molar-refractivity contribution in [1.29, 1.82) is 5.26 Å². The Kier molecular flexibility index (Phi) is 4.50. The van der Waals surface area contributed by atoms with Gasteiger partial charge in [-0.1, -0.05) is 29.8 Å². The molecule has 1 aliphatic heterocycles. The van der Waals surface area contributed by atoms with E-state index in [1.54, 1.807) is 42.5 Å². The number of nitriles is 1. The minimum atomic E-state index is -0.740. The molecule has 0 aliphatic carbocycles. The molecule has 1 atom stereocenters. The molecule has 0 bridgehead atoms. The van der Waals surface area contributed by atoms with Crippen molar-refractivity contribution in [2.24, 2.45) is 0 Å². The quantitative estimate of drug-likeness (QED) is 0.913. The van der Waals surface area contributed by atoms with Crippen LogP contribution in [0.2, 0.25) is 5.02 Å². The minimum Gasteiger partial charge on any atom is -0.352 e. The zero-order chi connectivity index (χ0) is 17.1. The van der Waals surface area contributed by atoms with Crippen molar-refractivity contribution in [2.75, 3.05) is 13.1 Å². The number of carbonyl (C=O) groups is 2. The van der Waals surface area contributed by atoms with Gasteiger partial charge in [0.1, 0.15) is 6.04 Å². The van der Waals surface area contributed by atoms with Crippen molar-refractivity contribution >= 4 is 23.4 Å². The van der Waals surface area contributed by atoms with Gasteiger partial charge in [-0.3, -0.25) is 9.59 Å². The Morgan fingerprint density at radius 3 is 2.79 bits per heavy atom. The Balaban J connectivity index is 1.98. The molecule has 2 aromatic carbocycles. The standard InChI is InChI=1S/C18H14ClN3O2/c19-15-6-2-4-13(10-15)16-17(23)21-7-8-22(16)18(24)14-5-1-3-12(9-14)11-20/h1-6,9-10,16H,7-8H2,(H,21,23). The average molecular weight is 340 g/mol. The third kappa shape index (κ3) is 3.10. The summed E-state index contributed by atoms with van der Waals surface area (Å²) >= 11 is 6.02. The predicted molar refractivity (Wildman–Crippen MR) is 89.4 cm³/mol. The molecular formula is C18H14ClN3O2. The Bertz CT molecular complexity index is 844. The van der Waals surface area contributed by atoms with Crippen LogP contribution in [-0.4, -0.2) is 29.8 Å². The molecular weight excluding hydrogens is 326 g/mol. The average Bonchev–Trinajstić information content (AvgIpc) is 2.61. The second kappa shape index (κ2) is 6.73. The number of amides is 2. The van der Waals surface area contributed by atoms with Gasteiger partial charge in [0.2, 0.25) is 5.91 Å². The summed E-state index contributed by atoms with van der Waals surface area (Å²) in [6.45, 7) is 0.776. The van der Waals surface area contributed by atoms with Gasteiger partial charge in [-0.05, 0) is 35.9 Å². The fourth-order valence-electron chi connectivity index (χ4n) is 2.78. The van der Waals surface area contributed by atoms with Gasteiger partial charge < -0.3 is 10.2 Å². The van der Waals surface area contributed by atoms with E-state index in [-0.39, 0.29) is 11.8 Å². The minimum absolute atomic E-state index is 0.242. The highest BCUT2D eigenvalue weighted by molar-refractivity contribution is 6.30. The van der Waals surface area contributed by atoms with Crippen molar-refractivity contribution in [3.63, 3.8) is 0 Å². The van der Waals surface area contributed by atoms with E-state index in [1.807, 2.05) is 6.07 Å². The maximum atomic E-state index is 12.9. The van der Waals surface area contributed by atoms with E-state index < -0.39 is 6.04 Å². The monoisotopic (exact) mass is 339 g/mol. The molecule has 0 spiro atoms. The van der Waals surface area contributed by atoms with Crippen LogP contribution in [0.4, 0.5) is 0 Å². The summed E-state index contributed by atoms with van der Waals surface area (Å²) in [6.07, 6.45) is 0. The Morgan fingerprint density at radius 2 is 2.04 bits per heavy atom. The number of carbonyl (C=O) groups excluding carboxylic acids is 2. The van der Waals surface area contributed by atoms with Crippen molar-refractivity contribution in [1.82, 2.24) is 10.2 Å². The lowest BCUT2D eigenvalue weighted by molar-refractivity contribution is -0.128. The predicted octanol–water partition coefficient (Wildman–Crippen LogP) is 2.52. The summed E-state index contributed by atoms with van der Waals surface area (Å²) in [5.41, 5.74) is 1.45. The van der Waals surface area contributed by atoms with Crippen molar-refractivity contribution in [3.05, 3.63) is 70.2 Å². The number of rotatable bonds is 2. The fraction of sp³-hybridized carbons (Fsp3) is 0.167. The van der Waals surface area contributed by atoms with Crippen LogP contribution in [0.25, 0.3) is 0 Å². The van der Waals surface area contributed by atoms with Crippen molar-refractivity contribution < 1.29 is 9.59 Å². The molecule has 120 valence electrons. The molecule has 0 radical (unpaired) electrons. The maximum Gasteiger partial charge on any atom is 0.254 e. The Labute approximate surface area is 144 Å². The lowest BCUT2D eigenvalue weighted by Crippen LogP contribution is -2.52. The number of hydrogen-bond acceptors (Lipinski definition) is 3. The summed E-state index contributed by atoms with van der Waals surface area (Å²) in [6, 6.07) is 14.7. The highest BCUT2D eigenvalue weighted by atomic mass is 35.5. The van der Waals surface area contributed by atoms with Crippen molar-refractivity contribution in [2.45, 2.75) is 6.04 Å². The van der Waals surface area contributed by atoms with Gasteiger partial charge in [0.25, 0.3) is 5.91 Å². The molecule has 24 heavy (non-hydrogen) atoms. The van der Waals surface area contributed by atoms with Gasteiger partial charge in [-0.2, -0.15) is 5.26 Å². The molecule has 1 fully saturated rings. The SMILES string of the molecule is N#Cc1cccc(C(=O)N2CCNC(=O)C2c2cccc(Cl)c2)c1. The lowest BCUT2D eigenvalue weighted by Gasteiger charge is -2.35. The molecule has 1 aliphatic rings. The first kappa shape index (κ1) is 16.0. The van der Waals surface area contributed by atoms with E-state index in [2.05, 4.69) is 5.32 Å². The molecule has 1 saturated heterocycles. The van der Waals surface area contributed by atoms with Gasteiger partial charge in [0.15, 0.2) is 0 Å². The molecule has 5 nitrogen and oxygen atoms in total. The van der Waals surface area contributed by atoms with E-state index >= 15 is 0 Å². The number of hydrogen-bond donors (Lipinski definition) is 1. The summed E-state index contributed by atoms with van der Waals surface area (Å²) in [5.74, 6) is -0.528. The van der Waals surface area contributed by atoms with Gasteiger partial charge in [-0.25, -0.2) is 0 Å². The van der Waals surface area contributed by atoms with Crippen LogP contribution in [0.5, 0.6) is 0 Å². The second-order valence-electron chi connectivity index (χ2n) is 5.44. The zero-order valence-electron chi connectivity index (χ0n) is 12.7. The molecule has 1 unspecified atom stereocenters. The van der Waals surface area contributed by atoms with Crippen LogP contribution in [0.15, 0.2) is 48.5 Å². The van der Waals surface area contributed by atoms with E-state index in [0.29, 0.717) is 34.8 Å². The highest BCUT2D eigenvalue weighted by Crippen LogP contribution is 2.27. The smallest absolute Gasteiger partial charge is 0.254 e. The van der Waals surface area contributed by atoms with Gasteiger partial charge >= 0.3 is 0 Å². The first-order valence-electron chi connectivity index (χ1n) is 7.44. The lowest BCUT2D eigenvalue weighted by atomic mass is 10.0. The molecule has 0 aromatic heterocycles. The van der Waals surface area contributed by atoms with E-state index in [1.165, 1.54) is 11.0 Å². The zero-order valence-corrected chi connectivity index (χ0v) is 13.5. The first-order valence-corrected chi connectivity index (χ1v) is 7.82. The van der Waals surface area contributed by atoms with Crippen LogP contribution in [0.1, 0.15) is 27.5 Å². The van der Waals surface area contributed by atoms with Gasteiger partial charge in [0, 0.05) is 23.7 Å². The molecule has 3 rings (SSSR count). The molecule has 2 aromatic rings. The fourth-order valence-corrected chi connectivity index (χ4v) is 2.98. The summed E-state index contributed by atoms with van der Waals surface area (Å²) in [5, 5.41) is 12.3. The van der Waals surface area contributed by atoms with Gasteiger partial charge in [-0.15, -0.1) is 0 Å². The van der Waals surface area contributed by atoms with Gasteiger partial charge in [0.05, 0.1) is 11.6 Å². The number of nitrogens with zero attached hydrogens (tertiary/aromatic N) is 2. The topological polar surface area (TPSA) is 73.2 Å². The molecule has 1 heterocycles. The number of halogens is 1. The summed E-state index contributed by atoms with van der Waals surface area (Å²) < 4.78 is 0. The molecule has 6 heteroatoms. The molecule has 1 N–H and O–H groups in total. The molecule has 2 amide bonds. The summed E-state index contributed by atoms with van der Waals surface area (Å²) in [7, 11) is 0. The third-order valence-electron chi connectivity index (χ3n) is 3.88. The maximum absolute atomic E-state index is 12.9. The third-order valence-corrected chi connectivity index (χ3v) is 4.11. The Morgan fingerprint density at radius 1 is 1.25 bits per heavy atom. The van der Waals surface area contributed by atoms with Crippen LogP contribution in [0.3, 0.4) is 0 Å². The van der Waals surface area contributed by atoms with Crippen LogP contribution < -0.4 is 5.32 Å². The highest BCUT2D eigenvalue weighted by Gasteiger charge is 2.34. The van der Waals surface area contributed by atoms with E-state index in [9.17, 15) is 9.59 Å². The number of piperazine rings is 1. The van der Waals surface area contributed by atoms with Crippen molar-refractivity contribution in [3.8, 4) is 6.07 Å². The van der Waals surface area contributed by atoms with Crippen LogP contribution >= 0.6 is 11.6 Å². The largest absolute Gasteiger partial charge is 0.352 e. The number of benzene rings is 2. The van der Waals surface area contributed by atoms with Crippen LogP contribution in [0, 0.1) is 11.3 Å².